The number of carbonyl (C=O) groups is 2. The van der Waals surface area contributed by atoms with Crippen molar-refractivity contribution in [2.75, 3.05) is 33.9 Å². The lowest BCUT2D eigenvalue weighted by Gasteiger charge is -2.35. The molecule has 0 unspecified atom stereocenters. The standard InChI is InChI=1S/C32H38N2O5/c1-22-18-34(23(2)20-35)31(36)28-17-11-10-16-27(28)26-15-9-8-14-25(26)21-39-29(22)19-33(3)32(37)30(38-4)24-12-6-5-7-13-24/h5-17,22-23,29-30,35H,18-21H2,1-4H3/t22-,23+,29+,30-/m0/s1. The minimum absolute atomic E-state index is 0.131. The number of rotatable bonds is 7. The average Bonchev–Trinajstić information content (AvgIpc) is 2.99. The van der Waals surface area contributed by atoms with Crippen LogP contribution in [0.3, 0.4) is 0 Å². The molecule has 3 aromatic carbocycles. The van der Waals surface area contributed by atoms with Crippen LogP contribution in [0.15, 0.2) is 78.9 Å². The number of amides is 2. The summed E-state index contributed by atoms with van der Waals surface area (Å²) in [5.74, 6) is -0.436. The summed E-state index contributed by atoms with van der Waals surface area (Å²) in [5.41, 5.74) is 4.11. The van der Waals surface area contributed by atoms with Crippen molar-refractivity contribution in [1.29, 1.82) is 0 Å². The Morgan fingerprint density at radius 3 is 2.31 bits per heavy atom. The molecule has 4 atom stereocenters. The first-order valence-corrected chi connectivity index (χ1v) is 13.4. The van der Waals surface area contributed by atoms with Gasteiger partial charge in [0.25, 0.3) is 11.8 Å². The van der Waals surface area contributed by atoms with E-state index in [0.717, 1.165) is 22.3 Å². The number of aliphatic hydroxyl groups excluding tert-OH is 1. The van der Waals surface area contributed by atoms with Crippen LogP contribution in [-0.4, -0.2) is 72.7 Å². The van der Waals surface area contributed by atoms with Crippen LogP contribution in [0, 0.1) is 5.92 Å². The molecule has 0 bridgehead atoms. The van der Waals surface area contributed by atoms with Gasteiger partial charge in [0.2, 0.25) is 0 Å². The second-order valence-corrected chi connectivity index (χ2v) is 10.3. The fourth-order valence-electron chi connectivity index (χ4n) is 5.12. The summed E-state index contributed by atoms with van der Waals surface area (Å²) < 4.78 is 12.1. The minimum Gasteiger partial charge on any atom is -0.394 e. The Balaban J connectivity index is 1.68. The lowest BCUT2D eigenvalue weighted by molar-refractivity contribution is -0.143. The van der Waals surface area contributed by atoms with E-state index in [0.29, 0.717) is 25.3 Å². The lowest BCUT2D eigenvalue weighted by atomic mass is 9.94. The van der Waals surface area contributed by atoms with Crippen molar-refractivity contribution >= 4 is 11.8 Å². The van der Waals surface area contributed by atoms with Crippen LogP contribution in [0.2, 0.25) is 0 Å². The largest absolute Gasteiger partial charge is 0.394 e. The number of fused-ring (bicyclic) bond motifs is 3. The van der Waals surface area contributed by atoms with E-state index in [9.17, 15) is 14.7 Å². The van der Waals surface area contributed by atoms with Crippen LogP contribution in [0.5, 0.6) is 0 Å². The molecular formula is C32H38N2O5. The van der Waals surface area contributed by atoms with Crippen molar-refractivity contribution in [3.05, 3.63) is 95.6 Å². The van der Waals surface area contributed by atoms with Gasteiger partial charge in [-0.15, -0.1) is 0 Å². The molecule has 39 heavy (non-hydrogen) atoms. The smallest absolute Gasteiger partial charge is 0.256 e. The Kier molecular flexibility index (Phi) is 9.51. The van der Waals surface area contributed by atoms with Gasteiger partial charge < -0.3 is 24.4 Å². The van der Waals surface area contributed by atoms with Crippen LogP contribution in [0.4, 0.5) is 0 Å². The maximum absolute atomic E-state index is 13.9. The maximum atomic E-state index is 13.9. The molecule has 206 valence electrons. The Bertz CT molecular complexity index is 1260. The Labute approximate surface area is 231 Å². The normalized spacial score (nSPS) is 19.3. The molecule has 0 saturated heterocycles. The van der Waals surface area contributed by atoms with Crippen molar-refractivity contribution in [2.45, 2.75) is 38.7 Å². The predicted octanol–water partition coefficient (Wildman–Crippen LogP) is 4.56. The third-order valence-corrected chi connectivity index (χ3v) is 7.49. The molecule has 4 rings (SSSR count). The van der Waals surface area contributed by atoms with Crippen molar-refractivity contribution < 1.29 is 24.2 Å². The molecule has 1 aliphatic rings. The van der Waals surface area contributed by atoms with E-state index < -0.39 is 6.10 Å². The number of benzene rings is 3. The second kappa shape index (κ2) is 13.0. The molecule has 1 aliphatic heterocycles. The van der Waals surface area contributed by atoms with Crippen LogP contribution < -0.4 is 0 Å². The van der Waals surface area contributed by atoms with Gasteiger partial charge in [-0.25, -0.2) is 0 Å². The van der Waals surface area contributed by atoms with Crippen LogP contribution in [0.25, 0.3) is 11.1 Å². The number of carbonyl (C=O) groups excluding carboxylic acids is 2. The number of hydrogen-bond donors (Lipinski definition) is 1. The second-order valence-electron chi connectivity index (χ2n) is 10.3. The van der Waals surface area contributed by atoms with E-state index in [1.54, 1.807) is 16.8 Å². The summed E-state index contributed by atoms with van der Waals surface area (Å²) in [7, 11) is 3.28. The van der Waals surface area contributed by atoms with Crippen LogP contribution in [-0.2, 0) is 20.9 Å². The van der Waals surface area contributed by atoms with Crippen molar-refractivity contribution in [2.24, 2.45) is 5.92 Å². The Hall–Kier alpha value is -3.52. The zero-order valence-electron chi connectivity index (χ0n) is 23.1. The predicted molar refractivity (Wildman–Crippen MR) is 151 cm³/mol. The molecule has 0 aromatic heterocycles. The van der Waals surface area contributed by atoms with Crippen molar-refractivity contribution in [3.8, 4) is 11.1 Å². The fourth-order valence-corrected chi connectivity index (χ4v) is 5.12. The topological polar surface area (TPSA) is 79.3 Å². The summed E-state index contributed by atoms with van der Waals surface area (Å²) in [6.07, 6.45) is -1.10. The first-order valence-electron chi connectivity index (χ1n) is 13.4. The quantitative estimate of drug-likeness (QED) is 0.485. The van der Waals surface area contributed by atoms with Gasteiger partial charge in [0, 0.05) is 38.7 Å². The molecule has 0 spiro atoms. The van der Waals surface area contributed by atoms with Crippen LogP contribution >= 0.6 is 0 Å². The van der Waals surface area contributed by atoms with Gasteiger partial charge in [-0.05, 0) is 35.2 Å². The highest BCUT2D eigenvalue weighted by molar-refractivity contribution is 6.01. The SMILES string of the molecule is CO[C@H](C(=O)N(C)C[C@H]1OCc2ccccc2-c2ccccc2C(=O)N([C@H](C)CO)C[C@@H]1C)c1ccccc1. The van der Waals surface area contributed by atoms with E-state index >= 15 is 0 Å². The summed E-state index contributed by atoms with van der Waals surface area (Å²) in [5, 5.41) is 10.0. The van der Waals surface area contributed by atoms with Gasteiger partial charge in [-0.2, -0.15) is 0 Å². The van der Waals surface area contributed by atoms with Crippen molar-refractivity contribution in [1.82, 2.24) is 9.80 Å². The number of likely N-dealkylation sites (N-methyl/N-ethyl adjacent to an activating group) is 1. The third-order valence-electron chi connectivity index (χ3n) is 7.49. The molecule has 0 saturated carbocycles. The summed E-state index contributed by atoms with van der Waals surface area (Å²) >= 11 is 0. The molecule has 2 amide bonds. The zero-order chi connectivity index (χ0) is 27.9. The minimum atomic E-state index is -0.725. The van der Waals surface area contributed by atoms with Crippen LogP contribution in [0.1, 0.15) is 41.4 Å². The number of ether oxygens (including phenoxy) is 2. The first-order chi connectivity index (χ1) is 18.8. The Morgan fingerprint density at radius 2 is 1.64 bits per heavy atom. The van der Waals surface area contributed by atoms with E-state index in [1.807, 2.05) is 92.7 Å². The number of hydrogen-bond acceptors (Lipinski definition) is 5. The number of nitrogens with zero attached hydrogens (tertiary/aromatic N) is 2. The average molecular weight is 531 g/mol. The lowest BCUT2D eigenvalue weighted by Crippen LogP contribution is -2.48. The van der Waals surface area contributed by atoms with Gasteiger partial charge in [-0.1, -0.05) is 79.7 Å². The number of aliphatic hydroxyl groups is 1. The molecule has 3 aromatic rings. The molecule has 0 aliphatic carbocycles. The molecular weight excluding hydrogens is 492 g/mol. The maximum Gasteiger partial charge on any atom is 0.256 e. The number of methoxy groups -OCH3 is 1. The van der Waals surface area contributed by atoms with E-state index in [2.05, 4.69) is 0 Å². The fraction of sp³-hybridized carbons (Fsp3) is 0.375. The van der Waals surface area contributed by atoms with E-state index in [1.165, 1.54) is 7.11 Å². The summed E-state index contributed by atoms with van der Waals surface area (Å²) in [4.78, 5) is 30.8. The zero-order valence-corrected chi connectivity index (χ0v) is 23.1. The molecule has 0 fully saturated rings. The van der Waals surface area contributed by atoms with E-state index in [-0.39, 0.29) is 36.5 Å². The summed E-state index contributed by atoms with van der Waals surface area (Å²) in [6, 6.07) is 24.5. The highest BCUT2D eigenvalue weighted by atomic mass is 16.5. The molecule has 7 nitrogen and oxygen atoms in total. The van der Waals surface area contributed by atoms with E-state index in [4.69, 9.17) is 9.47 Å². The molecule has 1 heterocycles. The van der Waals surface area contributed by atoms with Gasteiger partial charge in [-0.3, -0.25) is 9.59 Å². The Morgan fingerprint density at radius 1 is 1.03 bits per heavy atom. The highest BCUT2D eigenvalue weighted by Gasteiger charge is 2.32. The van der Waals surface area contributed by atoms with Gasteiger partial charge in [0.15, 0.2) is 6.10 Å². The molecule has 1 N–H and O–H groups in total. The highest BCUT2D eigenvalue weighted by Crippen LogP contribution is 2.31. The summed E-state index contributed by atoms with van der Waals surface area (Å²) in [6.45, 7) is 4.72. The molecule has 7 heteroatoms. The van der Waals surface area contributed by atoms with Gasteiger partial charge in [0.1, 0.15) is 0 Å². The van der Waals surface area contributed by atoms with Gasteiger partial charge >= 0.3 is 0 Å². The monoisotopic (exact) mass is 530 g/mol. The third kappa shape index (κ3) is 6.38. The van der Waals surface area contributed by atoms with Gasteiger partial charge in [0.05, 0.1) is 25.4 Å². The van der Waals surface area contributed by atoms with Crippen molar-refractivity contribution in [3.63, 3.8) is 0 Å². The first kappa shape index (κ1) is 28.5. The molecule has 0 radical (unpaired) electrons.